The molecule has 0 bridgehead atoms. The Morgan fingerprint density at radius 3 is 2.00 bits per heavy atom. The van der Waals surface area contributed by atoms with Gasteiger partial charge in [0.1, 0.15) is 0 Å². The summed E-state index contributed by atoms with van der Waals surface area (Å²) in [5, 5.41) is 0. The Hall–Kier alpha value is -0.120. The fraction of sp³-hybridized carbons (Fsp3) is 1.00. The predicted octanol–water partition coefficient (Wildman–Crippen LogP) is 1.91. The van der Waals surface area contributed by atoms with Gasteiger partial charge in [-0.05, 0) is 24.7 Å². The smallest absolute Gasteiger partial charge is 0.280 e. The topological polar surface area (TPSA) is 27.7 Å². The van der Waals surface area contributed by atoms with Crippen LogP contribution in [0, 0.1) is 11.8 Å². The van der Waals surface area contributed by atoms with Crippen molar-refractivity contribution in [1.29, 1.82) is 0 Å². The molecule has 3 fully saturated rings. The first-order valence-electron chi connectivity index (χ1n) is 5.64. The fourth-order valence-corrected chi connectivity index (χ4v) is 3.27. The highest BCUT2D eigenvalue weighted by molar-refractivity contribution is 5.04. The number of hydrogen-bond donors (Lipinski definition) is 0. The summed E-state index contributed by atoms with van der Waals surface area (Å²) in [6.07, 6.45) is 5.97. The van der Waals surface area contributed by atoms with E-state index in [0.29, 0.717) is 12.2 Å². The second-order valence-electron chi connectivity index (χ2n) is 4.84. The third kappa shape index (κ3) is 1.09. The molecule has 1 aliphatic heterocycles. The van der Waals surface area contributed by atoms with E-state index in [4.69, 9.17) is 14.2 Å². The van der Waals surface area contributed by atoms with Crippen molar-refractivity contribution in [1.82, 2.24) is 0 Å². The van der Waals surface area contributed by atoms with Crippen molar-refractivity contribution in [2.45, 2.75) is 50.8 Å². The van der Waals surface area contributed by atoms with E-state index in [-0.39, 0.29) is 0 Å². The lowest BCUT2D eigenvalue weighted by atomic mass is 9.61. The molecule has 0 aromatic rings. The van der Waals surface area contributed by atoms with Crippen LogP contribution in [0.25, 0.3) is 0 Å². The van der Waals surface area contributed by atoms with Crippen molar-refractivity contribution in [2.75, 3.05) is 7.11 Å². The second kappa shape index (κ2) is 2.94. The zero-order valence-corrected chi connectivity index (χ0v) is 8.86. The van der Waals surface area contributed by atoms with Crippen LogP contribution in [0.4, 0.5) is 0 Å². The minimum atomic E-state index is -0.771. The van der Waals surface area contributed by atoms with Crippen molar-refractivity contribution >= 4 is 0 Å². The van der Waals surface area contributed by atoms with Crippen LogP contribution >= 0.6 is 0 Å². The first-order valence-corrected chi connectivity index (χ1v) is 5.64. The van der Waals surface area contributed by atoms with Gasteiger partial charge in [0.05, 0.1) is 12.2 Å². The molecule has 0 amide bonds. The lowest BCUT2D eigenvalue weighted by molar-refractivity contribution is -0.315. The highest BCUT2D eigenvalue weighted by Crippen LogP contribution is 2.54. The van der Waals surface area contributed by atoms with Crippen LogP contribution < -0.4 is 0 Å². The minimum absolute atomic E-state index is 0.310. The van der Waals surface area contributed by atoms with E-state index in [1.807, 2.05) is 6.92 Å². The Labute approximate surface area is 84.7 Å². The molecule has 4 unspecified atom stereocenters. The van der Waals surface area contributed by atoms with E-state index in [1.165, 1.54) is 25.7 Å². The number of ether oxygens (including phenoxy) is 3. The van der Waals surface area contributed by atoms with Crippen LogP contribution in [-0.4, -0.2) is 25.3 Å². The summed E-state index contributed by atoms with van der Waals surface area (Å²) in [4.78, 5) is 0. The maximum absolute atomic E-state index is 5.82. The van der Waals surface area contributed by atoms with Gasteiger partial charge >= 0.3 is 0 Å². The van der Waals surface area contributed by atoms with Gasteiger partial charge in [-0.3, -0.25) is 0 Å². The third-order valence-electron chi connectivity index (χ3n) is 4.11. The van der Waals surface area contributed by atoms with Crippen LogP contribution in [0.5, 0.6) is 0 Å². The molecule has 4 atom stereocenters. The summed E-state index contributed by atoms with van der Waals surface area (Å²) in [5.41, 5.74) is 0. The van der Waals surface area contributed by atoms with E-state index in [1.54, 1.807) is 7.11 Å². The molecule has 0 radical (unpaired) electrons. The van der Waals surface area contributed by atoms with E-state index in [9.17, 15) is 0 Å². The van der Waals surface area contributed by atoms with Crippen LogP contribution in [0.1, 0.15) is 32.6 Å². The molecule has 3 nitrogen and oxygen atoms in total. The number of fused-ring (bicyclic) bond motifs is 4. The van der Waals surface area contributed by atoms with Crippen LogP contribution in [0.3, 0.4) is 0 Å². The summed E-state index contributed by atoms with van der Waals surface area (Å²) in [6, 6.07) is 0. The molecule has 3 aliphatic rings. The van der Waals surface area contributed by atoms with Crippen molar-refractivity contribution < 1.29 is 14.2 Å². The van der Waals surface area contributed by atoms with Crippen LogP contribution in [-0.2, 0) is 14.2 Å². The minimum Gasteiger partial charge on any atom is -0.331 e. The summed E-state index contributed by atoms with van der Waals surface area (Å²) in [6.45, 7) is 1.87. The Morgan fingerprint density at radius 2 is 1.57 bits per heavy atom. The standard InChI is InChI=1S/C11H18O3/c1-11(12-2)13-9-7-5-3-4-6-8(7)10(9)14-11/h7-10H,3-6H2,1-2H3. The average molecular weight is 198 g/mol. The molecule has 0 N–H and O–H groups in total. The molecular weight excluding hydrogens is 180 g/mol. The summed E-state index contributed by atoms with van der Waals surface area (Å²) in [5.74, 6) is 0.712. The molecule has 80 valence electrons. The van der Waals surface area contributed by atoms with Crippen molar-refractivity contribution in [3.8, 4) is 0 Å². The average Bonchev–Trinajstić information content (AvgIpc) is 2.52. The summed E-state index contributed by atoms with van der Waals surface area (Å²) < 4.78 is 16.9. The first kappa shape index (κ1) is 9.13. The Balaban J connectivity index is 1.74. The normalized spacial score (nSPS) is 56.1. The second-order valence-corrected chi connectivity index (χ2v) is 4.84. The summed E-state index contributed by atoms with van der Waals surface area (Å²) in [7, 11) is 1.65. The van der Waals surface area contributed by atoms with Crippen LogP contribution in [0.15, 0.2) is 0 Å². The number of methoxy groups -OCH3 is 1. The van der Waals surface area contributed by atoms with Crippen molar-refractivity contribution in [2.24, 2.45) is 11.8 Å². The molecule has 1 heterocycles. The molecular formula is C11H18O3. The summed E-state index contributed by atoms with van der Waals surface area (Å²) >= 11 is 0. The number of rotatable bonds is 1. The Kier molecular flexibility index (Phi) is 1.92. The van der Waals surface area contributed by atoms with E-state index < -0.39 is 5.97 Å². The van der Waals surface area contributed by atoms with Gasteiger partial charge in [-0.25, -0.2) is 0 Å². The molecule has 14 heavy (non-hydrogen) atoms. The van der Waals surface area contributed by atoms with E-state index in [0.717, 1.165) is 11.8 Å². The Morgan fingerprint density at radius 1 is 1.07 bits per heavy atom. The molecule has 0 spiro atoms. The maximum atomic E-state index is 5.82. The van der Waals surface area contributed by atoms with Gasteiger partial charge in [0.25, 0.3) is 5.97 Å². The van der Waals surface area contributed by atoms with Crippen LogP contribution in [0.2, 0.25) is 0 Å². The molecule has 3 rings (SSSR count). The lowest BCUT2D eigenvalue weighted by Crippen LogP contribution is -2.54. The quantitative estimate of drug-likeness (QED) is 0.644. The first-order chi connectivity index (χ1) is 6.73. The monoisotopic (exact) mass is 198 g/mol. The highest BCUT2D eigenvalue weighted by Gasteiger charge is 2.61. The van der Waals surface area contributed by atoms with Gasteiger partial charge in [0.2, 0.25) is 0 Å². The van der Waals surface area contributed by atoms with Crippen molar-refractivity contribution in [3.63, 3.8) is 0 Å². The molecule has 2 saturated carbocycles. The van der Waals surface area contributed by atoms with E-state index in [2.05, 4.69) is 0 Å². The van der Waals surface area contributed by atoms with Gasteiger partial charge in [0.15, 0.2) is 0 Å². The number of hydrogen-bond acceptors (Lipinski definition) is 3. The molecule has 3 heteroatoms. The molecule has 0 aromatic heterocycles. The predicted molar refractivity (Wildman–Crippen MR) is 50.6 cm³/mol. The zero-order valence-electron chi connectivity index (χ0n) is 8.86. The largest absolute Gasteiger partial charge is 0.331 e. The zero-order chi connectivity index (χ0) is 9.76. The molecule has 2 aliphatic carbocycles. The Bertz CT molecular complexity index is 221. The van der Waals surface area contributed by atoms with Gasteiger partial charge in [-0.15, -0.1) is 0 Å². The van der Waals surface area contributed by atoms with Gasteiger partial charge < -0.3 is 14.2 Å². The molecule has 1 saturated heterocycles. The van der Waals surface area contributed by atoms with Gasteiger partial charge in [-0.2, -0.15) is 0 Å². The highest BCUT2D eigenvalue weighted by atomic mass is 16.9. The van der Waals surface area contributed by atoms with Crippen molar-refractivity contribution in [3.05, 3.63) is 0 Å². The van der Waals surface area contributed by atoms with Gasteiger partial charge in [-0.1, -0.05) is 12.8 Å². The maximum Gasteiger partial charge on any atom is 0.280 e. The fourth-order valence-electron chi connectivity index (χ4n) is 3.27. The van der Waals surface area contributed by atoms with E-state index >= 15 is 0 Å². The van der Waals surface area contributed by atoms with Gasteiger partial charge in [0, 0.05) is 14.0 Å². The lowest BCUT2D eigenvalue weighted by Gasteiger charge is -2.48. The molecule has 0 aromatic carbocycles. The SMILES string of the molecule is COC1(C)OC2C3CCCCC3C2O1. The third-order valence-corrected chi connectivity index (χ3v) is 4.11.